The number of anilines is 2. The lowest BCUT2D eigenvalue weighted by Crippen LogP contribution is -2.22. The van der Waals surface area contributed by atoms with Crippen molar-refractivity contribution in [3.05, 3.63) is 81.3 Å². The minimum atomic E-state index is -0.623. The lowest BCUT2D eigenvalue weighted by atomic mass is 10.0. The first kappa shape index (κ1) is 28.9. The molecule has 3 aromatic rings. The first-order chi connectivity index (χ1) is 18.0. The third-order valence-electron chi connectivity index (χ3n) is 6.07. The van der Waals surface area contributed by atoms with Gasteiger partial charge < -0.3 is 20.1 Å². The SMILES string of the molecule is Cc1ccc(C(C)C)c(Oc2ccc(NC(=O)CCC(=O)OCC(=O)Nc3ccc(Br)c(C)c3C)cc2)c1. The number of esters is 1. The molecular weight excluding hydrogens is 548 g/mol. The maximum atomic E-state index is 12.3. The molecule has 8 heteroatoms. The van der Waals surface area contributed by atoms with Crippen LogP contribution >= 0.6 is 15.9 Å². The van der Waals surface area contributed by atoms with Gasteiger partial charge in [0.15, 0.2) is 6.61 Å². The van der Waals surface area contributed by atoms with Gasteiger partial charge in [0.1, 0.15) is 11.5 Å². The van der Waals surface area contributed by atoms with Gasteiger partial charge in [-0.1, -0.05) is 41.9 Å². The second kappa shape index (κ2) is 13.2. The van der Waals surface area contributed by atoms with Gasteiger partial charge in [-0.25, -0.2) is 0 Å². The van der Waals surface area contributed by atoms with Gasteiger partial charge in [0.25, 0.3) is 5.91 Å². The van der Waals surface area contributed by atoms with E-state index in [-0.39, 0.29) is 18.7 Å². The molecule has 0 spiro atoms. The molecule has 0 heterocycles. The first-order valence-corrected chi connectivity index (χ1v) is 13.2. The van der Waals surface area contributed by atoms with Crippen molar-refractivity contribution >= 4 is 45.1 Å². The Morgan fingerprint density at radius 1 is 0.842 bits per heavy atom. The average molecular weight is 582 g/mol. The molecule has 0 fully saturated rings. The number of nitrogens with one attached hydrogen (secondary N) is 2. The Kier molecular flexibility index (Phi) is 10.1. The van der Waals surface area contributed by atoms with Crippen LogP contribution in [0.1, 0.15) is 54.9 Å². The van der Waals surface area contributed by atoms with Crippen molar-refractivity contribution in [3.8, 4) is 11.5 Å². The summed E-state index contributed by atoms with van der Waals surface area (Å²) in [4.78, 5) is 36.5. The van der Waals surface area contributed by atoms with Gasteiger partial charge >= 0.3 is 5.97 Å². The van der Waals surface area contributed by atoms with Gasteiger partial charge in [0.05, 0.1) is 6.42 Å². The third kappa shape index (κ3) is 8.18. The highest BCUT2D eigenvalue weighted by molar-refractivity contribution is 9.10. The predicted octanol–water partition coefficient (Wildman–Crippen LogP) is 7.19. The number of rotatable bonds is 10. The molecule has 0 aliphatic rings. The highest BCUT2D eigenvalue weighted by Crippen LogP contribution is 2.32. The fraction of sp³-hybridized carbons (Fsp3) is 0.300. The van der Waals surface area contributed by atoms with Crippen LogP contribution in [0, 0.1) is 20.8 Å². The number of hydrogen-bond acceptors (Lipinski definition) is 5. The summed E-state index contributed by atoms with van der Waals surface area (Å²) in [7, 11) is 0. The van der Waals surface area contributed by atoms with Crippen LogP contribution in [0.4, 0.5) is 11.4 Å². The van der Waals surface area contributed by atoms with E-state index in [1.165, 1.54) is 0 Å². The van der Waals surface area contributed by atoms with E-state index >= 15 is 0 Å². The van der Waals surface area contributed by atoms with Crippen molar-refractivity contribution in [1.29, 1.82) is 0 Å². The zero-order chi connectivity index (χ0) is 27.8. The Hall–Kier alpha value is -3.65. The number of benzene rings is 3. The second-order valence-electron chi connectivity index (χ2n) is 9.42. The molecule has 0 saturated carbocycles. The Bertz CT molecular complexity index is 1320. The molecule has 3 rings (SSSR count). The normalized spacial score (nSPS) is 10.7. The number of aryl methyl sites for hydroxylation is 1. The number of ether oxygens (including phenoxy) is 2. The average Bonchev–Trinajstić information content (AvgIpc) is 2.87. The molecule has 0 bridgehead atoms. The molecule has 2 N–H and O–H groups in total. The van der Waals surface area contributed by atoms with E-state index in [1.807, 2.05) is 32.9 Å². The van der Waals surface area contributed by atoms with E-state index in [0.717, 1.165) is 32.5 Å². The summed E-state index contributed by atoms with van der Waals surface area (Å²) in [5.74, 6) is 0.395. The summed E-state index contributed by atoms with van der Waals surface area (Å²) in [6, 6.07) is 16.8. The van der Waals surface area contributed by atoms with Gasteiger partial charge in [-0.2, -0.15) is 0 Å². The standard InChI is InChI=1S/C30H33BrN2O5/c1-18(2)24-11-6-19(3)16-27(24)38-23-9-7-22(8-10-23)32-28(34)14-15-30(36)37-17-29(35)33-26-13-12-25(31)20(4)21(26)5/h6-13,16,18H,14-15,17H2,1-5H3,(H,32,34)(H,33,35). The Balaban J connectivity index is 1.43. The van der Waals surface area contributed by atoms with Gasteiger partial charge in [-0.05, 0) is 91.4 Å². The smallest absolute Gasteiger partial charge is 0.306 e. The summed E-state index contributed by atoms with van der Waals surface area (Å²) in [6.07, 6.45) is -0.202. The van der Waals surface area contributed by atoms with E-state index in [0.29, 0.717) is 23.0 Å². The minimum Gasteiger partial charge on any atom is -0.457 e. The molecule has 0 aliphatic carbocycles. The molecule has 0 atom stereocenters. The summed E-state index contributed by atoms with van der Waals surface area (Å²) < 4.78 is 12.1. The van der Waals surface area contributed by atoms with E-state index in [2.05, 4.69) is 52.5 Å². The highest BCUT2D eigenvalue weighted by Gasteiger charge is 2.13. The topological polar surface area (TPSA) is 93.7 Å². The van der Waals surface area contributed by atoms with Crippen LogP contribution in [0.25, 0.3) is 0 Å². The lowest BCUT2D eigenvalue weighted by molar-refractivity contribution is -0.147. The van der Waals surface area contributed by atoms with Crippen molar-refractivity contribution in [3.63, 3.8) is 0 Å². The zero-order valence-corrected chi connectivity index (χ0v) is 23.9. The fourth-order valence-electron chi connectivity index (χ4n) is 3.71. The van der Waals surface area contributed by atoms with Crippen molar-refractivity contribution in [1.82, 2.24) is 0 Å². The van der Waals surface area contributed by atoms with E-state index in [1.54, 1.807) is 30.3 Å². The second-order valence-corrected chi connectivity index (χ2v) is 10.3. The minimum absolute atomic E-state index is 0.0647. The molecule has 0 aliphatic heterocycles. The fourth-order valence-corrected chi connectivity index (χ4v) is 4.14. The number of carbonyl (C=O) groups excluding carboxylic acids is 3. The molecule has 200 valence electrons. The van der Waals surface area contributed by atoms with Gasteiger partial charge in [-0.15, -0.1) is 0 Å². The molecule has 38 heavy (non-hydrogen) atoms. The van der Waals surface area contributed by atoms with E-state index < -0.39 is 18.5 Å². The summed E-state index contributed by atoms with van der Waals surface area (Å²) in [5, 5.41) is 5.49. The van der Waals surface area contributed by atoms with Crippen LogP contribution in [-0.2, 0) is 19.1 Å². The van der Waals surface area contributed by atoms with Crippen molar-refractivity contribution in [2.75, 3.05) is 17.2 Å². The molecule has 3 aromatic carbocycles. The van der Waals surface area contributed by atoms with Crippen LogP contribution in [0.2, 0.25) is 0 Å². The maximum absolute atomic E-state index is 12.3. The third-order valence-corrected chi connectivity index (χ3v) is 6.93. The number of carbonyl (C=O) groups is 3. The maximum Gasteiger partial charge on any atom is 0.306 e. The molecule has 0 radical (unpaired) electrons. The van der Waals surface area contributed by atoms with Gasteiger partial charge in [0, 0.05) is 22.3 Å². The van der Waals surface area contributed by atoms with Crippen LogP contribution in [0.5, 0.6) is 11.5 Å². The molecule has 2 amide bonds. The monoisotopic (exact) mass is 580 g/mol. The molecule has 7 nitrogen and oxygen atoms in total. The van der Waals surface area contributed by atoms with E-state index in [9.17, 15) is 14.4 Å². The van der Waals surface area contributed by atoms with Crippen LogP contribution in [0.3, 0.4) is 0 Å². The Morgan fingerprint density at radius 2 is 1.55 bits per heavy atom. The van der Waals surface area contributed by atoms with Crippen LogP contribution < -0.4 is 15.4 Å². The summed E-state index contributed by atoms with van der Waals surface area (Å²) in [5.41, 5.74) is 5.41. The van der Waals surface area contributed by atoms with Crippen molar-refractivity contribution in [2.24, 2.45) is 0 Å². The molecule has 0 unspecified atom stereocenters. The zero-order valence-electron chi connectivity index (χ0n) is 22.3. The summed E-state index contributed by atoms with van der Waals surface area (Å²) >= 11 is 3.45. The van der Waals surface area contributed by atoms with Gasteiger partial charge in [-0.3, -0.25) is 14.4 Å². The molecule has 0 aromatic heterocycles. The summed E-state index contributed by atoms with van der Waals surface area (Å²) in [6.45, 7) is 9.67. The number of hydrogen-bond donors (Lipinski definition) is 2. The van der Waals surface area contributed by atoms with E-state index in [4.69, 9.17) is 9.47 Å². The van der Waals surface area contributed by atoms with Crippen LogP contribution in [-0.4, -0.2) is 24.4 Å². The molecular formula is C30H33BrN2O5. The Morgan fingerprint density at radius 3 is 2.24 bits per heavy atom. The van der Waals surface area contributed by atoms with Crippen molar-refractivity contribution in [2.45, 2.75) is 53.4 Å². The lowest BCUT2D eigenvalue weighted by Gasteiger charge is -2.15. The molecule has 0 saturated heterocycles. The Labute approximate surface area is 232 Å². The quantitative estimate of drug-likeness (QED) is 0.247. The number of halogens is 1. The van der Waals surface area contributed by atoms with Gasteiger partial charge in [0.2, 0.25) is 5.91 Å². The highest BCUT2D eigenvalue weighted by atomic mass is 79.9. The largest absolute Gasteiger partial charge is 0.457 e. The van der Waals surface area contributed by atoms with Crippen LogP contribution in [0.15, 0.2) is 59.1 Å². The van der Waals surface area contributed by atoms with Crippen molar-refractivity contribution < 1.29 is 23.9 Å². The predicted molar refractivity (Wildman–Crippen MR) is 153 cm³/mol. The number of amides is 2. The first-order valence-electron chi connectivity index (χ1n) is 12.4.